The Morgan fingerprint density at radius 1 is 1.22 bits per heavy atom. The molecule has 0 radical (unpaired) electrons. The number of nitrogens with two attached hydrogens (primary N) is 1. The summed E-state index contributed by atoms with van der Waals surface area (Å²) < 4.78 is 8.03. The molecule has 3 N–H and O–H groups in total. The summed E-state index contributed by atoms with van der Waals surface area (Å²) in [6.45, 7) is 2.18. The molecule has 2 aliphatic heterocycles. The average Bonchev–Trinajstić information content (AvgIpc) is 3.20. The van der Waals surface area contributed by atoms with Crippen LogP contribution < -0.4 is 5.73 Å². The molecular formula is C15H22N6O2. The van der Waals surface area contributed by atoms with Crippen LogP contribution in [0.25, 0.3) is 11.2 Å². The lowest BCUT2D eigenvalue weighted by Gasteiger charge is -2.34. The first-order valence-electron chi connectivity index (χ1n) is 8.21. The molecule has 0 spiro atoms. The summed E-state index contributed by atoms with van der Waals surface area (Å²) in [6, 6.07) is 0.223. The van der Waals surface area contributed by atoms with E-state index in [4.69, 9.17) is 10.5 Å². The molecule has 0 bridgehead atoms. The van der Waals surface area contributed by atoms with Crippen LogP contribution in [-0.2, 0) is 4.74 Å². The topological polar surface area (TPSA) is 102 Å². The van der Waals surface area contributed by atoms with E-state index in [9.17, 15) is 5.11 Å². The van der Waals surface area contributed by atoms with Crippen LogP contribution in [0.5, 0.6) is 0 Å². The standard InChI is InChI=1S/C15H22N6O2/c16-13-12-14(18-8-17-13)21(9-19-12)15-11(6-10(7-22)23-15)20-4-2-1-3-5-20/h8-11,15,22H,1-7H2,(H2,16,17,18)/t10-,11+,15+/m0/s1. The molecular weight excluding hydrogens is 296 g/mol. The third-order valence-corrected chi connectivity index (χ3v) is 4.89. The number of aliphatic hydroxyl groups excluding tert-OH is 1. The van der Waals surface area contributed by atoms with Crippen LogP contribution in [0.1, 0.15) is 31.9 Å². The van der Waals surface area contributed by atoms with Gasteiger partial charge in [0.2, 0.25) is 0 Å². The smallest absolute Gasteiger partial charge is 0.167 e. The SMILES string of the molecule is Nc1ncnc2c1ncn2[C@@H]1O[C@H](CO)C[C@H]1N1CCCCC1. The lowest BCUT2D eigenvalue weighted by molar-refractivity contribution is -0.0411. The van der Waals surface area contributed by atoms with E-state index in [-0.39, 0.29) is 25.0 Å². The summed E-state index contributed by atoms with van der Waals surface area (Å²) in [7, 11) is 0. The number of nitrogen functional groups attached to an aromatic ring is 1. The Morgan fingerprint density at radius 2 is 2.04 bits per heavy atom. The van der Waals surface area contributed by atoms with E-state index >= 15 is 0 Å². The van der Waals surface area contributed by atoms with Gasteiger partial charge >= 0.3 is 0 Å². The number of hydrogen-bond donors (Lipinski definition) is 2. The van der Waals surface area contributed by atoms with Crippen molar-refractivity contribution < 1.29 is 9.84 Å². The van der Waals surface area contributed by atoms with Crippen LogP contribution in [0, 0.1) is 0 Å². The van der Waals surface area contributed by atoms with Crippen LogP contribution in [0.3, 0.4) is 0 Å². The summed E-state index contributed by atoms with van der Waals surface area (Å²) in [5, 5.41) is 9.54. The van der Waals surface area contributed by atoms with Crippen molar-refractivity contribution >= 4 is 17.0 Å². The summed E-state index contributed by atoms with van der Waals surface area (Å²) >= 11 is 0. The maximum Gasteiger partial charge on any atom is 0.167 e. The molecule has 0 amide bonds. The molecule has 0 saturated carbocycles. The van der Waals surface area contributed by atoms with E-state index in [0.29, 0.717) is 17.0 Å². The number of piperidine rings is 1. The number of anilines is 1. The summed E-state index contributed by atoms with van der Waals surface area (Å²) in [5.41, 5.74) is 7.16. The highest BCUT2D eigenvalue weighted by Gasteiger charge is 2.40. The van der Waals surface area contributed by atoms with Gasteiger partial charge in [-0.05, 0) is 32.4 Å². The van der Waals surface area contributed by atoms with E-state index in [2.05, 4.69) is 19.9 Å². The van der Waals surface area contributed by atoms with Gasteiger partial charge in [0, 0.05) is 0 Å². The maximum atomic E-state index is 9.54. The fourth-order valence-electron chi connectivity index (χ4n) is 3.73. The lowest BCUT2D eigenvalue weighted by atomic mass is 10.0. The van der Waals surface area contributed by atoms with Crippen LogP contribution in [0.15, 0.2) is 12.7 Å². The molecule has 0 aromatic carbocycles. The molecule has 2 aromatic rings. The first kappa shape index (κ1) is 14.8. The third-order valence-electron chi connectivity index (χ3n) is 4.89. The highest BCUT2D eigenvalue weighted by molar-refractivity contribution is 5.81. The first-order valence-corrected chi connectivity index (χ1v) is 8.21. The first-order chi connectivity index (χ1) is 11.3. The fraction of sp³-hybridized carbons (Fsp3) is 0.667. The van der Waals surface area contributed by atoms with Gasteiger partial charge in [0.15, 0.2) is 17.7 Å². The number of rotatable bonds is 3. The number of fused-ring (bicyclic) bond motifs is 1. The Balaban J connectivity index is 1.70. The van der Waals surface area contributed by atoms with Crippen molar-refractivity contribution in [3.05, 3.63) is 12.7 Å². The number of aromatic nitrogens is 4. The molecule has 0 aliphatic carbocycles. The van der Waals surface area contributed by atoms with Gasteiger partial charge in [-0.1, -0.05) is 6.42 Å². The van der Waals surface area contributed by atoms with Gasteiger partial charge < -0.3 is 15.6 Å². The average molecular weight is 318 g/mol. The normalized spacial score (nSPS) is 29.3. The largest absolute Gasteiger partial charge is 0.394 e. The Hall–Kier alpha value is -1.77. The number of imidazole rings is 1. The molecule has 4 heterocycles. The van der Waals surface area contributed by atoms with Gasteiger partial charge in [-0.3, -0.25) is 9.47 Å². The highest BCUT2D eigenvalue weighted by atomic mass is 16.5. The minimum atomic E-state index is -0.204. The second kappa shape index (κ2) is 6.03. The molecule has 2 aliphatic rings. The van der Waals surface area contributed by atoms with Crippen molar-refractivity contribution in [1.82, 2.24) is 24.4 Å². The summed E-state index contributed by atoms with van der Waals surface area (Å²) in [5.74, 6) is 0.375. The van der Waals surface area contributed by atoms with Crippen molar-refractivity contribution in [3.8, 4) is 0 Å². The van der Waals surface area contributed by atoms with Gasteiger partial charge in [-0.15, -0.1) is 0 Å². The second-order valence-corrected chi connectivity index (χ2v) is 6.31. The lowest BCUT2D eigenvalue weighted by Crippen LogP contribution is -2.42. The summed E-state index contributed by atoms with van der Waals surface area (Å²) in [6.07, 6.45) is 7.35. The minimum absolute atomic E-state index is 0.0323. The fourth-order valence-corrected chi connectivity index (χ4v) is 3.73. The molecule has 0 unspecified atom stereocenters. The number of likely N-dealkylation sites (tertiary alicyclic amines) is 1. The van der Waals surface area contributed by atoms with Crippen LogP contribution in [0.4, 0.5) is 5.82 Å². The third kappa shape index (κ3) is 2.56. The van der Waals surface area contributed by atoms with Crippen molar-refractivity contribution in [2.75, 3.05) is 25.4 Å². The van der Waals surface area contributed by atoms with Crippen molar-refractivity contribution in [1.29, 1.82) is 0 Å². The van der Waals surface area contributed by atoms with E-state index in [1.54, 1.807) is 6.33 Å². The summed E-state index contributed by atoms with van der Waals surface area (Å²) in [4.78, 5) is 15.1. The molecule has 4 rings (SSSR count). The zero-order valence-corrected chi connectivity index (χ0v) is 13.0. The molecule has 3 atom stereocenters. The van der Waals surface area contributed by atoms with Gasteiger partial charge in [0.1, 0.15) is 11.8 Å². The van der Waals surface area contributed by atoms with E-state index < -0.39 is 0 Å². The number of nitrogens with zero attached hydrogens (tertiary/aromatic N) is 5. The minimum Gasteiger partial charge on any atom is -0.394 e. The Bertz CT molecular complexity index is 684. The zero-order chi connectivity index (χ0) is 15.8. The van der Waals surface area contributed by atoms with Gasteiger partial charge in [-0.2, -0.15) is 0 Å². The molecule has 2 aromatic heterocycles. The number of aliphatic hydroxyl groups is 1. The van der Waals surface area contributed by atoms with E-state index in [1.165, 1.54) is 25.6 Å². The maximum absolute atomic E-state index is 9.54. The molecule has 23 heavy (non-hydrogen) atoms. The highest BCUT2D eigenvalue weighted by Crippen LogP contribution is 2.35. The van der Waals surface area contributed by atoms with E-state index in [0.717, 1.165) is 19.5 Å². The number of ether oxygens (including phenoxy) is 1. The predicted octanol–water partition coefficient (Wildman–Crippen LogP) is 0.543. The zero-order valence-electron chi connectivity index (χ0n) is 13.0. The van der Waals surface area contributed by atoms with Crippen molar-refractivity contribution in [2.24, 2.45) is 0 Å². The van der Waals surface area contributed by atoms with Gasteiger partial charge in [0.05, 0.1) is 25.1 Å². The van der Waals surface area contributed by atoms with E-state index in [1.807, 2.05) is 4.57 Å². The van der Waals surface area contributed by atoms with Crippen molar-refractivity contribution in [2.45, 2.75) is 44.1 Å². The molecule has 2 fully saturated rings. The Labute approximate surface area is 134 Å². The molecule has 8 heteroatoms. The monoisotopic (exact) mass is 318 g/mol. The molecule has 2 saturated heterocycles. The molecule has 124 valence electrons. The predicted molar refractivity (Wildman–Crippen MR) is 84.6 cm³/mol. The van der Waals surface area contributed by atoms with Gasteiger partial charge in [0.25, 0.3) is 0 Å². The quantitative estimate of drug-likeness (QED) is 0.851. The number of hydrogen-bond acceptors (Lipinski definition) is 7. The van der Waals surface area contributed by atoms with Gasteiger partial charge in [-0.25, -0.2) is 15.0 Å². The molecule has 8 nitrogen and oxygen atoms in total. The Kier molecular flexibility index (Phi) is 3.88. The second-order valence-electron chi connectivity index (χ2n) is 6.31. The van der Waals surface area contributed by atoms with Crippen LogP contribution in [-0.4, -0.2) is 61.4 Å². The van der Waals surface area contributed by atoms with Crippen LogP contribution in [0.2, 0.25) is 0 Å². The van der Waals surface area contributed by atoms with Crippen LogP contribution >= 0.6 is 0 Å². The Morgan fingerprint density at radius 3 is 2.83 bits per heavy atom. The van der Waals surface area contributed by atoms with Crippen molar-refractivity contribution in [3.63, 3.8) is 0 Å².